The zero-order chi connectivity index (χ0) is 14.5. The number of carbonyl (C=O) groups is 1. The number of piperidine rings is 1. The Morgan fingerprint density at radius 1 is 1.50 bits per heavy atom. The fourth-order valence-electron chi connectivity index (χ4n) is 2.42. The molecule has 0 amide bonds. The van der Waals surface area contributed by atoms with Gasteiger partial charge >= 0.3 is 5.97 Å². The van der Waals surface area contributed by atoms with E-state index in [1.807, 2.05) is 12.1 Å². The number of ether oxygens (including phenoxy) is 2. The highest BCUT2D eigenvalue weighted by atomic mass is 16.5. The summed E-state index contributed by atoms with van der Waals surface area (Å²) in [4.78, 5) is 11.2. The molecule has 1 fully saturated rings. The van der Waals surface area contributed by atoms with Gasteiger partial charge in [0.25, 0.3) is 0 Å². The van der Waals surface area contributed by atoms with Crippen LogP contribution in [0.3, 0.4) is 0 Å². The molecular weight excluding hydrogens is 258 g/mol. The number of nitrogens with one attached hydrogen (secondary N) is 1. The summed E-state index contributed by atoms with van der Waals surface area (Å²) < 4.78 is 11.3. The van der Waals surface area contributed by atoms with E-state index in [0.717, 1.165) is 25.9 Å². The van der Waals surface area contributed by atoms with Crippen molar-refractivity contribution in [1.29, 1.82) is 0 Å². The minimum Gasteiger partial charge on any atom is -0.493 e. The van der Waals surface area contributed by atoms with E-state index >= 15 is 0 Å². The molecule has 0 saturated carbocycles. The first kappa shape index (κ1) is 14.7. The summed E-state index contributed by atoms with van der Waals surface area (Å²) in [6.45, 7) is 3.47. The first-order chi connectivity index (χ1) is 9.63. The Bertz CT molecular complexity index is 469. The molecule has 2 atom stereocenters. The molecule has 2 rings (SSSR count). The molecule has 0 bridgehead atoms. The lowest BCUT2D eigenvalue weighted by Gasteiger charge is -2.25. The van der Waals surface area contributed by atoms with Gasteiger partial charge in [-0.1, -0.05) is 12.1 Å². The Labute approximate surface area is 118 Å². The van der Waals surface area contributed by atoms with Gasteiger partial charge in [0.15, 0.2) is 11.5 Å². The largest absolute Gasteiger partial charge is 0.493 e. The fraction of sp³-hybridized carbons (Fsp3) is 0.533. The average molecular weight is 279 g/mol. The van der Waals surface area contributed by atoms with E-state index < -0.39 is 11.9 Å². The quantitative estimate of drug-likeness (QED) is 0.863. The molecule has 1 aromatic carbocycles. The van der Waals surface area contributed by atoms with E-state index in [-0.39, 0.29) is 6.10 Å². The summed E-state index contributed by atoms with van der Waals surface area (Å²) in [7, 11) is 1.54. The molecule has 20 heavy (non-hydrogen) atoms. The lowest BCUT2D eigenvalue weighted by Crippen LogP contribution is -2.37. The van der Waals surface area contributed by atoms with Gasteiger partial charge in [0.05, 0.1) is 13.0 Å². The number of hydrogen-bond donors (Lipinski definition) is 2. The molecule has 110 valence electrons. The van der Waals surface area contributed by atoms with Gasteiger partial charge in [0.2, 0.25) is 0 Å². The maximum Gasteiger partial charge on any atom is 0.310 e. The Morgan fingerprint density at radius 3 is 2.90 bits per heavy atom. The topological polar surface area (TPSA) is 67.8 Å². The molecule has 1 aliphatic heterocycles. The fourth-order valence-corrected chi connectivity index (χ4v) is 2.42. The van der Waals surface area contributed by atoms with Crippen molar-refractivity contribution in [3.63, 3.8) is 0 Å². The first-order valence-corrected chi connectivity index (χ1v) is 6.90. The second-order valence-electron chi connectivity index (χ2n) is 5.02. The zero-order valence-electron chi connectivity index (χ0n) is 11.9. The summed E-state index contributed by atoms with van der Waals surface area (Å²) in [5.74, 6) is -0.363. The van der Waals surface area contributed by atoms with Crippen molar-refractivity contribution in [1.82, 2.24) is 5.32 Å². The highest BCUT2D eigenvalue weighted by molar-refractivity contribution is 5.77. The number of rotatable bonds is 5. The van der Waals surface area contributed by atoms with Gasteiger partial charge in [-0.2, -0.15) is 0 Å². The van der Waals surface area contributed by atoms with Crippen molar-refractivity contribution in [3.8, 4) is 11.5 Å². The number of carboxylic acid groups (broad SMARTS) is 1. The molecule has 1 aromatic rings. The predicted octanol–water partition coefficient (Wildman–Crippen LogP) is 2.01. The van der Waals surface area contributed by atoms with Crippen LogP contribution in [0.1, 0.15) is 31.2 Å². The maximum atomic E-state index is 11.2. The number of para-hydroxylation sites is 1. The molecule has 0 aliphatic carbocycles. The van der Waals surface area contributed by atoms with Gasteiger partial charge in [-0.3, -0.25) is 4.79 Å². The van der Waals surface area contributed by atoms with Crippen molar-refractivity contribution < 1.29 is 19.4 Å². The van der Waals surface area contributed by atoms with Crippen LogP contribution in [-0.2, 0) is 4.79 Å². The molecule has 1 aliphatic rings. The van der Waals surface area contributed by atoms with E-state index in [2.05, 4.69) is 5.32 Å². The van der Waals surface area contributed by atoms with E-state index in [1.54, 1.807) is 20.1 Å². The van der Waals surface area contributed by atoms with Gasteiger partial charge in [-0.15, -0.1) is 0 Å². The Morgan fingerprint density at radius 2 is 2.30 bits per heavy atom. The van der Waals surface area contributed by atoms with Crippen LogP contribution in [0, 0.1) is 0 Å². The normalized spacial score (nSPS) is 20.2. The SMILES string of the molecule is COc1c(OC2CCCNC2)cccc1C(C)C(=O)O. The molecule has 2 unspecified atom stereocenters. The zero-order valence-corrected chi connectivity index (χ0v) is 11.9. The molecule has 0 radical (unpaired) electrons. The van der Waals surface area contributed by atoms with Gasteiger partial charge in [0, 0.05) is 12.1 Å². The minimum atomic E-state index is -0.875. The van der Waals surface area contributed by atoms with Crippen molar-refractivity contribution >= 4 is 5.97 Å². The summed E-state index contributed by atoms with van der Waals surface area (Å²) in [6, 6.07) is 5.40. The standard InChI is InChI=1S/C15H21NO4/c1-10(15(17)18)12-6-3-7-13(14(12)19-2)20-11-5-4-8-16-9-11/h3,6-7,10-11,16H,4-5,8-9H2,1-2H3,(H,17,18). The lowest BCUT2D eigenvalue weighted by molar-refractivity contribution is -0.138. The smallest absolute Gasteiger partial charge is 0.310 e. The molecule has 2 N–H and O–H groups in total. The summed E-state index contributed by atoms with van der Waals surface area (Å²) in [5.41, 5.74) is 0.640. The van der Waals surface area contributed by atoms with Crippen LogP contribution in [-0.4, -0.2) is 37.4 Å². The molecule has 1 saturated heterocycles. The number of aliphatic carboxylic acids is 1. The van der Waals surface area contributed by atoms with Crippen LogP contribution in [0.15, 0.2) is 18.2 Å². The van der Waals surface area contributed by atoms with Crippen molar-refractivity contribution in [3.05, 3.63) is 23.8 Å². The third-order valence-corrected chi connectivity index (χ3v) is 3.60. The van der Waals surface area contributed by atoms with Crippen LogP contribution >= 0.6 is 0 Å². The molecule has 1 heterocycles. The van der Waals surface area contributed by atoms with Gasteiger partial charge in [0.1, 0.15) is 6.10 Å². The van der Waals surface area contributed by atoms with Crippen LogP contribution < -0.4 is 14.8 Å². The summed E-state index contributed by atoms with van der Waals surface area (Å²) in [5, 5.41) is 12.4. The lowest BCUT2D eigenvalue weighted by atomic mass is 10.00. The summed E-state index contributed by atoms with van der Waals surface area (Å²) >= 11 is 0. The van der Waals surface area contributed by atoms with Crippen molar-refractivity contribution in [2.45, 2.75) is 31.8 Å². The van der Waals surface area contributed by atoms with Crippen LogP contribution in [0.4, 0.5) is 0 Å². The third kappa shape index (κ3) is 3.22. The number of benzene rings is 1. The highest BCUT2D eigenvalue weighted by Crippen LogP contribution is 2.36. The number of hydrogen-bond acceptors (Lipinski definition) is 4. The number of carboxylic acids is 1. The molecule has 0 spiro atoms. The number of methoxy groups -OCH3 is 1. The third-order valence-electron chi connectivity index (χ3n) is 3.60. The van der Waals surface area contributed by atoms with E-state index in [1.165, 1.54) is 0 Å². The Kier molecular flexibility index (Phi) is 4.84. The van der Waals surface area contributed by atoms with Crippen LogP contribution in [0.25, 0.3) is 0 Å². The average Bonchev–Trinajstić information content (AvgIpc) is 2.47. The van der Waals surface area contributed by atoms with E-state index in [0.29, 0.717) is 17.1 Å². The molecular formula is C15H21NO4. The molecule has 5 heteroatoms. The second kappa shape index (κ2) is 6.61. The predicted molar refractivity (Wildman–Crippen MR) is 75.6 cm³/mol. The second-order valence-corrected chi connectivity index (χ2v) is 5.02. The monoisotopic (exact) mass is 279 g/mol. The van der Waals surface area contributed by atoms with Gasteiger partial charge in [-0.05, 0) is 32.4 Å². The minimum absolute atomic E-state index is 0.105. The van der Waals surface area contributed by atoms with Crippen molar-refractivity contribution in [2.24, 2.45) is 0 Å². The van der Waals surface area contributed by atoms with E-state index in [9.17, 15) is 4.79 Å². The first-order valence-electron chi connectivity index (χ1n) is 6.90. The summed E-state index contributed by atoms with van der Waals surface area (Å²) in [6.07, 6.45) is 2.18. The van der Waals surface area contributed by atoms with Crippen molar-refractivity contribution in [2.75, 3.05) is 20.2 Å². The molecule has 5 nitrogen and oxygen atoms in total. The van der Waals surface area contributed by atoms with Crippen LogP contribution in [0.5, 0.6) is 11.5 Å². The van der Waals surface area contributed by atoms with Gasteiger partial charge in [-0.25, -0.2) is 0 Å². The Balaban J connectivity index is 2.23. The maximum absolute atomic E-state index is 11.2. The molecule has 0 aromatic heterocycles. The van der Waals surface area contributed by atoms with E-state index in [4.69, 9.17) is 14.6 Å². The van der Waals surface area contributed by atoms with Gasteiger partial charge < -0.3 is 19.9 Å². The highest BCUT2D eigenvalue weighted by Gasteiger charge is 2.23. The van der Waals surface area contributed by atoms with Crippen LogP contribution in [0.2, 0.25) is 0 Å². The Hall–Kier alpha value is -1.75.